The van der Waals surface area contributed by atoms with E-state index in [2.05, 4.69) is 10.1 Å². The molecule has 25 heavy (non-hydrogen) atoms. The third kappa shape index (κ3) is 3.08. The van der Waals surface area contributed by atoms with Gasteiger partial charge in [-0.1, -0.05) is 48.5 Å². The summed E-state index contributed by atoms with van der Waals surface area (Å²) in [7, 11) is 0. The molecule has 1 aromatic heterocycles. The summed E-state index contributed by atoms with van der Waals surface area (Å²) in [5, 5.41) is 6.72. The van der Waals surface area contributed by atoms with Crippen molar-refractivity contribution in [2.24, 2.45) is 5.10 Å². The number of aromatic nitrogens is 1. The van der Waals surface area contributed by atoms with E-state index < -0.39 is 0 Å². The van der Waals surface area contributed by atoms with E-state index >= 15 is 0 Å². The molecule has 0 spiro atoms. The van der Waals surface area contributed by atoms with Crippen LogP contribution in [0.3, 0.4) is 0 Å². The van der Waals surface area contributed by atoms with Crippen molar-refractivity contribution >= 4 is 23.0 Å². The third-order valence-corrected chi connectivity index (χ3v) is 4.22. The second kappa shape index (κ2) is 6.73. The summed E-state index contributed by atoms with van der Waals surface area (Å²) in [5.41, 5.74) is 1.82. The van der Waals surface area contributed by atoms with E-state index in [-0.39, 0.29) is 18.6 Å². The van der Waals surface area contributed by atoms with Crippen molar-refractivity contribution in [1.29, 1.82) is 0 Å². The van der Waals surface area contributed by atoms with Crippen molar-refractivity contribution in [1.82, 2.24) is 9.99 Å². The van der Waals surface area contributed by atoms with Gasteiger partial charge >= 0.3 is 0 Å². The minimum atomic E-state index is -0.171. The molecule has 1 unspecified atom stereocenters. The highest BCUT2D eigenvalue weighted by atomic mass is 16.5. The average Bonchev–Trinajstić information content (AvgIpc) is 3.17. The molecule has 2 heterocycles. The molecule has 124 valence electrons. The fraction of sp³-hybridized carbons (Fsp3) is 0.150. The number of nitrogens with zero attached hydrogens (tertiary/aromatic N) is 3. The SMILES string of the molecule is O=C(COc1cccc2cccnc12)N1N=CCC1c1ccccc1. The number of carbonyl (C=O) groups is 1. The quantitative estimate of drug-likeness (QED) is 0.734. The Balaban J connectivity index is 1.49. The van der Waals surface area contributed by atoms with Crippen molar-refractivity contribution in [2.75, 3.05) is 6.61 Å². The highest BCUT2D eigenvalue weighted by molar-refractivity contribution is 5.85. The zero-order chi connectivity index (χ0) is 17.1. The van der Waals surface area contributed by atoms with Crippen LogP contribution in [0, 0.1) is 0 Å². The molecule has 5 heteroatoms. The van der Waals surface area contributed by atoms with Crippen molar-refractivity contribution in [3.63, 3.8) is 0 Å². The summed E-state index contributed by atoms with van der Waals surface area (Å²) in [4.78, 5) is 16.9. The first-order valence-electron chi connectivity index (χ1n) is 8.19. The van der Waals surface area contributed by atoms with Crippen LogP contribution in [0.2, 0.25) is 0 Å². The highest BCUT2D eigenvalue weighted by Gasteiger charge is 2.28. The summed E-state index contributed by atoms with van der Waals surface area (Å²) >= 11 is 0. The molecule has 0 aliphatic carbocycles. The summed E-state index contributed by atoms with van der Waals surface area (Å²) in [6.45, 7) is -0.0731. The lowest BCUT2D eigenvalue weighted by Gasteiger charge is -2.22. The van der Waals surface area contributed by atoms with E-state index in [1.807, 2.05) is 60.7 Å². The Bertz CT molecular complexity index is 919. The van der Waals surface area contributed by atoms with Gasteiger partial charge in [0.1, 0.15) is 11.3 Å². The number of hydrazone groups is 1. The summed E-state index contributed by atoms with van der Waals surface area (Å²) in [5.74, 6) is 0.432. The Hall–Kier alpha value is -3.21. The molecule has 1 aliphatic heterocycles. The monoisotopic (exact) mass is 331 g/mol. The van der Waals surface area contributed by atoms with Crippen LogP contribution in [0.4, 0.5) is 0 Å². The van der Waals surface area contributed by atoms with Crippen LogP contribution in [-0.4, -0.2) is 28.7 Å². The Morgan fingerprint density at radius 1 is 1.08 bits per heavy atom. The fourth-order valence-corrected chi connectivity index (χ4v) is 3.00. The molecule has 5 nitrogen and oxygen atoms in total. The smallest absolute Gasteiger partial charge is 0.281 e. The molecule has 0 bridgehead atoms. The first kappa shape index (κ1) is 15.3. The molecule has 0 N–H and O–H groups in total. The molecular weight excluding hydrogens is 314 g/mol. The number of fused-ring (bicyclic) bond motifs is 1. The van der Waals surface area contributed by atoms with Gasteiger partial charge in [0, 0.05) is 24.2 Å². The van der Waals surface area contributed by atoms with Gasteiger partial charge in [-0.15, -0.1) is 0 Å². The van der Waals surface area contributed by atoms with Gasteiger partial charge in [0.05, 0.1) is 6.04 Å². The Morgan fingerprint density at radius 2 is 1.92 bits per heavy atom. The molecule has 3 aromatic rings. The number of carbonyl (C=O) groups excluding carboxylic acids is 1. The normalized spacial score (nSPS) is 16.3. The third-order valence-electron chi connectivity index (χ3n) is 4.22. The number of hydrogen-bond acceptors (Lipinski definition) is 4. The minimum absolute atomic E-state index is 0.0667. The highest BCUT2D eigenvalue weighted by Crippen LogP contribution is 2.28. The lowest BCUT2D eigenvalue weighted by atomic mass is 10.0. The number of rotatable bonds is 4. The van der Waals surface area contributed by atoms with Crippen molar-refractivity contribution in [3.8, 4) is 5.75 Å². The van der Waals surface area contributed by atoms with Gasteiger partial charge in [0.15, 0.2) is 6.61 Å². The second-order valence-electron chi connectivity index (χ2n) is 5.82. The predicted octanol–water partition coefficient (Wildman–Crippen LogP) is 3.57. The maximum Gasteiger partial charge on any atom is 0.281 e. The van der Waals surface area contributed by atoms with Gasteiger partial charge in [-0.25, -0.2) is 5.01 Å². The number of para-hydroxylation sites is 1. The van der Waals surface area contributed by atoms with Gasteiger partial charge in [-0.3, -0.25) is 9.78 Å². The van der Waals surface area contributed by atoms with Crippen molar-refractivity contribution < 1.29 is 9.53 Å². The molecular formula is C20H17N3O2. The Morgan fingerprint density at radius 3 is 2.80 bits per heavy atom. The molecule has 1 atom stereocenters. The van der Waals surface area contributed by atoms with E-state index in [0.29, 0.717) is 12.2 Å². The van der Waals surface area contributed by atoms with Crippen molar-refractivity contribution in [3.05, 3.63) is 72.4 Å². The summed E-state index contributed by atoms with van der Waals surface area (Å²) < 4.78 is 5.75. The molecule has 1 aliphatic rings. The van der Waals surface area contributed by atoms with Crippen LogP contribution in [0.5, 0.6) is 5.75 Å². The summed E-state index contributed by atoms with van der Waals surface area (Å²) in [6, 6.07) is 19.4. The van der Waals surface area contributed by atoms with Gasteiger partial charge < -0.3 is 4.74 Å². The molecule has 0 radical (unpaired) electrons. The minimum Gasteiger partial charge on any atom is -0.481 e. The van der Waals surface area contributed by atoms with Gasteiger partial charge in [0.25, 0.3) is 5.91 Å². The maximum atomic E-state index is 12.6. The lowest BCUT2D eigenvalue weighted by Crippen LogP contribution is -2.31. The fourth-order valence-electron chi connectivity index (χ4n) is 3.00. The van der Waals surface area contributed by atoms with E-state index in [1.54, 1.807) is 12.4 Å². The van der Waals surface area contributed by atoms with Gasteiger partial charge in [-0.05, 0) is 17.7 Å². The number of benzene rings is 2. The first-order valence-corrected chi connectivity index (χ1v) is 8.19. The predicted molar refractivity (Wildman–Crippen MR) is 96.4 cm³/mol. The topological polar surface area (TPSA) is 54.8 Å². The molecule has 2 aromatic carbocycles. The van der Waals surface area contributed by atoms with Crippen LogP contribution in [0.1, 0.15) is 18.0 Å². The zero-order valence-electron chi connectivity index (χ0n) is 13.6. The Kier molecular flexibility index (Phi) is 4.12. The average molecular weight is 331 g/mol. The number of pyridine rings is 1. The van der Waals surface area contributed by atoms with Crippen LogP contribution in [-0.2, 0) is 4.79 Å². The molecule has 1 amide bonds. The second-order valence-corrected chi connectivity index (χ2v) is 5.82. The van der Waals surface area contributed by atoms with E-state index in [4.69, 9.17) is 4.74 Å². The number of amides is 1. The lowest BCUT2D eigenvalue weighted by molar-refractivity contribution is -0.135. The van der Waals surface area contributed by atoms with Crippen molar-refractivity contribution in [2.45, 2.75) is 12.5 Å². The number of ether oxygens (including phenoxy) is 1. The Labute approximate surface area is 145 Å². The zero-order valence-corrected chi connectivity index (χ0v) is 13.6. The van der Waals surface area contributed by atoms with Crippen LogP contribution >= 0.6 is 0 Å². The number of hydrogen-bond donors (Lipinski definition) is 0. The van der Waals surface area contributed by atoms with Gasteiger partial charge in [-0.2, -0.15) is 5.10 Å². The van der Waals surface area contributed by atoms with Crippen LogP contribution in [0.15, 0.2) is 72.0 Å². The first-order chi connectivity index (χ1) is 12.3. The van der Waals surface area contributed by atoms with Gasteiger partial charge in [0.2, 0.25) is 0 Å². The van der Waals surface area contributed by atoms with Crippen LogP contribution < -0.4 is 4.74 Å². The van der Waals surface area contributed by atoms with E-state index in [9.17, 15) is 4.79 Å². The maximum absolute atomic E-state index is 12.6. The standard InChI is InChI=1S/C20H17N3O2/c24-19(23-17(11-13-22-23)15-6-2-1-3-7-15)14-25-18-10-4-8-16-9-5-12-21-20(16)18/h1-10,12-13,17H,11,14H2. The summed E-state index contributed by atoms with van der Waals surface area (Å²) in [6.07, 6.45) is 4.20. The molecule has 4 rings (SSSR count). The molecule has 0 saturated carbocycles. The molecule has 0 fully saturated rings. The van der Waals surface area contributed by atoms with E-state index in [0.717, 1.165) is 16.5 Å². The molecule has 0 saturated heterocycles. The largest absolute Gasteiger partial charge is 0.481 e. The van der Waals surface area contributed by atoms with E-state index in [1.165, 1.54) is 5.01 Å². The van der Waals surface area contributed by atoms with Crippen LogP contribution in [0.25, 0.3) is 10.9 Å².